The molecule has 0 unspecified atom stereocenters. The molecule has 0 spiro atoms. The maximum absolute atomic E-state index is 2.44. The number of quaternary nitrogens is 2. The summed E-state index contributed by atoms with van der Waals surface area (Å²) in [5, 5.41) is 0. The standard InChI is InChI=1S/C26H58N2.2BrH/c1-7-9-11-13-15-19-23-27(3,4)25-21-17-18-22-26-28(5,6)24-20-16-14-12-10-8-2;;/h7-26H2,1-6H3;2*1H/q+2;;/p-2. The number of nitrogens with zero attached hydrogens (tertiary/aromatic N) is 2. The third-order valence-corrected chi connectivity index (χ3v) is 6.51. The van der Waals surface area contributed by atoms with Crippen molar-refractivity contribution in [3.8, 4) is 0 Å². The summed E-state index contributed by atoms with van der Waals surface area (Å²) < 4.78 is 2.46. The molecule has 0 fully saturated rings. The van der Waals surface area contributed by atoms with Gasteiger partial charge in [0, 0.05) is 0 Å². The van der Waals surface area contributed by atoms with Crippen LogP contribution in [-0.4, -0.2) is 63.3 Å². The Balaban J connectivity index is -0.00000364. The Bertz CT molecular complexity index is 301. The van der Waals surface area contributed by atoms with Crippen LogP contribution in [0.4, 0.5) is 0 Å². The molecule has 0 rings (SSSR count). The highest BCUT2D eigenvalue weighted by atomic mass is 79.9. The van der Waals surface area contributed by atoms with Crippen LogP contribution in [0.1, 0.15) is 117 Å². The molecule has 0 radical (unpaired) electrons. The maximum Gasteiger partial charge on any atom is 0.0782 e. The summed E-state index contributed by atoms with van der Waals surface area (Å²) in [6, 6.07) is 0. The fraction of sp³-hybridized carbons (Fsp3) is 1.00. The quantitative estimate of drug-likeness (QED) is 0.148. The molecule has 0 saturated carbocycles. The Hall–Kier alpha value is 0.880. The number of hydrogen-bond donors (Lipinski definition) is 0. The van der Waals surface area contributed by atoms with Gasteiger partial charge in [-0.05, 0) is 51.4 Å². The lowest BCUT2D eigenvalue weighted by Crippen LogP contribution is -3.00. The fourth-order valence-corrected chi connectivity index (χ4v) is 4.30. The van der Waals surface area contributed by atoms with Gasteiger partial charge in [-0.1, -0.05) is 65.2 Å². The summed E-state index contributed by atoms with van der Waals surface area (Å²) >= 11 is 0. The predicted octanol–water partition coefficient (Wildman–Crippen LogP) is 1.43. The zero-order valence-corrected chi connectivity index (χ0v) is 25.0. The van der Waals surface area contributed by atoms with Gasteiger partial charge in [0.15, 0.2) is 0 Å². The second kappa shape index (κ2) is 23.1. The second-order valence-electron chi connectivity index (χ2n) is 10.7. The van der Waals surface area contributed by atoms with Crippen LogP contribution in [0.5, 0.6) is 0 Å². The normalized spacial score (nSPS) is 11.8. The van der Waals surface area contributed by atoms with E-state index >= 15 is 0 Å². The van der Waals surface area contributed by atoms with Crippen molar-refractivity contribution in [3.63, 3.8) is 0 Å². The Morgan fingerprint density at radius 1 is 0.333 bits per heavy atom. The third kappa shape index (κ3) is 25.1. The van der Waals surface area contributed by atoms with Crippen LogP contribution in [0.2, 0.25) is 0 Å². The lowest BCUT2D eigenvalue weighted by Gasteiger charge is -2.31. The number of unbranched alkanes of at least 4 members (excludes halogenated alkanes) is 13. The molecular weight excluding hydrogens is 500 g/mol. The summed E-state index contributed by atoms with van der Waals surface area (Å²) in [5.41, 5.74) is 0. The molecule has 0 bridgehead atoms. The lowest BCUT2D eigenvalue weighted by atomic mass is 10.1. The average molecular weight is 559 g/mol. The van der Waals surface area contributed by atoms with E-state index in [0.29, 0.717) is 0 Å². The van der Waals surface area contributed by atoms with Crippen molar-refractivity contribution in [2.24, 2.45) is 0 Å². The number of hydrogen-bond acceptors (Lipinski definition) is 0. The first kappa shape index (κ1) is 35.5. The molecule has 0 aromatic carbocycles. The summed E-state index contributed by atoms with van der Waals surface area (Å²) in [6.45, 7) is 10.1. The van der Waals surface area contributed by atoms with E-state index in [1.165, 1.54) is 138 Å². The highest BCUT2D eigenvalue weighted by Gasteiger charge is 2.15. The van der Waals surface area contributed by atoms with E-state index in [1.807, 2.05) is 0 Å². The summed E-state index contributed by atoms with van der Waals surface area (Å²) in [5.74, 6) is 0. The van der Waals surface area contributed by atoms with E-state index in [1.54, 1.807) is 0 Å². The van der Waals surface area contributed by atoms with E-state index in [9.17, 15) is 0 Å². The first-order valence-electron chi connectivity index (χ1n) is 13.0. The van der Waals surface area contributed by atoms with Gasteiger partial charge >= 0.3 is 0 Å². The van der Waals surface area contributed by atoms with Gasteiger partial charge in [0.1, 0.15) is 0 Å². The van der Waals surface area contributed by atoms with Crippen LogP contribution in [0, 0.1) is 0 Å². The van der Waals surface area contributed by atoms with Crippen molar-refractivity contribution in [1.29, 1.82) is 0 Å². The Morgan fingerprint density at radius 2 is 0.533 bits per heavy atom. The monoisotopic (exact) mass is 556 g/mol. The fourth-order valence-electron chi connectivity index (χ4n) is 4.30. The molecule has 2 nitrogen and oxygen atoms in total. The Kier molecular flexibility index (Phi) is 27.3. The van der Waals surface area contributed by atoms with Crippen LogP contribution >= 0.6 is 0 Å². The highest BCUT2D eigenvalue weighted by Crippen LogP contribution is 2.13. The first-order valence-corrected chi connectivity index (χ1v) is 13.0. The van der Waals surface area contributed by atoms with Gasteiger partial charge in [0.25, 0.3) is 0 Å². The van der Waals surface area contributed by atoms with E-state index in [0.717, 1.165) is 0 Å². The Labute approximate surface area is 213 Å². The van der Waals surface area contributed by atoms with Gasteiger partial charge in [-0.2, -0.15) is 0 Å². The molecule has 4 heteroatoms. The minimum absolute atomic E-state index is 0. The van der Waals surface area contributed by atoms with Gasteiger partial charge in [0.2, 0.25) is 0 Å². The van der Waals surface area contributed by atoms with Gasteiger partial charge < -0.3 is 42.9 Å². The van der Waals surface area contributed by atoms with Crippen LogP contribution in [0.15, 0.2) is 0 Å². The van der Waals surface area contributed by atoms with Crippen molar-refractivity contribution in [3.05, 3.63) is 0 Å². The second-order valence-corrected chi connectivity index (χ2v) is 10.7. The highest BCUT2D eigenvalue weighted by molar-refractivity contribution is 4.48. The minimum Gasteiger partial charge on any atom is -1.00 e. The van der Waals surface area contributed by atoms with E-state index < -0.39 is 0 Å². The summed E-state index contributed by atoms with van der Waals surface area (Å²) in [4.78, 5) is 0. The van der Waals surface area contributed by atoms with Crippen LogP contribution in [-0.2, 0) is 0 Å². The van der Waals surface area contributed by atoms with Crippen molar-refractivity contribution < 1.29 is 42.9 Å². The maximum atomic E-state index is 2.44. The van der Waals surface area contributed by atoms with E-state index in [-0.39, 0.29) is 34.0 Å². The molecule has 0 atom stereocenters. The largest absolute Gasteiger partial charge is 1.00 e. The van der Waals surface area contributed by atoms with Crippen LogP contribution in [0.3, 0.4) is 0 Å². The molecule has 186 valence electrons. The van der Waals surface area contributed by atoms with E-state index in [4.69, 9.17) is 0 Å². The SMILES string of the molecule is CCCCCCCC[N+](C)(C)CCCCCC[N+](C)(C)CCCCCCCC.[Br-].[Br-]. The molecule has 0 aromatic rings. The smallest absolute Gasteiger partial charge is 0.0782 e. The van der Waals surface area contributed by atoms with Crippen LogP contribution < -0.4 is 34.0 Å². The van der Waals surface area contributed by atoms with Crippen molar-refractivity contribution in [2.45, 2.75) is 117 Å². The number of halogens is 2. The third-order valence-electron chi connectivity index (χ3n) is 6.51. The number of rotatable bonds is 21. The first-order chi connectivity index (χ1) is 13.3. The van der Waals surface area contributed by atoms with Gasteiger partial charge in [-0.3, -0.25) is 0 Å². The summed E-state index contributed by atoms with van der Waals surface area (Å²) in [7, 11) is 9.75. The molecule has 0 aliphatic rings. The Morgan fingerprint density at radius 3 is 0.767 bits per heavy atom. The molecule has 0 saturated heterocycles. The predicted molar refractivity (Wildman–Crippen MR) is 129 cm³/mol. The molecule has 30 heavy (non-hydrogen) atoms. The molecule has 0 aromatic heterocycles. The van der Waals surface area contributed by atoms with Crippen molar-refractivity contribution >= 4 is 0 Å². The molecule has 0 heterocycles. The summed E-state index contributed by atoms with van der Waals surface area (Å²) in [6.07, 6.45) is 22.7. The van der Waals surface area contributed by atoms with Crippen molar-refractivity contribution in [2.75, 3.05) is 54.4 Å². The van der Waals surface area contributed by atoms with Crippen molar-refractivity contribution in [1.82, 2.24) is 0 Å². The minimum atomic E-state index is 0. The molecule has 0 N–H and O–H groups in total. The molecule has 0 aliphatic carbocycles. The van der Waals surface area contributed by atoms with Crippen LogP contribution in [0.25, 0.3) is 0 Å². The molecule has 0 aliphatic heterocycles. The average Bonchev–Trinajstić information content (AvgIpc) is 2.64. The molecule has 0 amide bonds. The van der Waals surface area contributed by atoms with Gasteiger partial charge in [0.05, 0.1) is 54.4 Å². The topological polar surface area (TPSA) is 0 Å². The lowest BCUT2D eigenvalue weighted by molar-refractivity contribution is -0.891. The zero-order chi connectivity index (χ0) is 21.1. The van der Waals surface area contributed by atoms with Gasteiger partial charge in [-0.15, -0.1) is 0 Å². The van der Waals surface area contributed by atoms with E-state index in [2.05, 4.69) is 42.0 Å². The molecular formula is C26H58Br2N2. The van der Waals surface area contributed by atoms with Gasteiger partial charge in [-0.25, -0.2) is 0 Å². The zero-order valence-electron chi connectivity index (χ0n) is 21.8.